The molecule has 2 atom stereocenters. The van der Waals surface area contributed by atoms with Gasteiger partial charge in [0.1, 0.15) is 5.60 Å². The Kier molecular flexibility index (Phi) is 9.45. The maximum atomic E-state index is 13.0. The highest BCUT2D eigenvalue weighted by Gasteiger charge is 2.38. The van der Waals surface area contributed by atoms with Crippen molar-refractivity contribution in [2.75, 3.05) is 32.7 Å². The number of amides is 1. The smallest absolute Gasteiger partial charge is 0.410 e. The van der Waals surface area contributed by atoms with Crippen LogP contribution < -0.4 is 0 Å². The number of likely N-dealkylation sites (tertiary alicyclic amines) is 1. The van der Waals surface area contributed by atoms with Crippen LogP contribution in [-0.4, -0.2) is 76.2 Å². The number of nitrogens with zero attached hydrogens (tertiary/aromatic N) is 4. The Balaban J connectivity index is 1.30. The quantitative estimate of drug-likeness (QED) is 0.348. The number of halogens is 2. The number of piperidine rings is 1. The molecule has 218 valence electrons. The van der Waals surface area contributed by atoms with E-state index >= 15 is 0 Å². The van der Waals surface area contributed by atoms with Crippen LogP contribution in [0, 0.1) is 0 Å². The highest BCUT2D eigenvalue weighted by atomic mass is 79.9. The van der Waals surface area contributed by atoms with E-state index in [4.69, 9.17) is 21.3 Å². The Hall–Kier alpha value is -1.67. The van der Waals surface area contributed by atoms with Crippen molar-refractivity contribution in [3.8, 4) is 0 Å². The van der Waals surface area contributed by atoms with E-state index in [9.17, 15) is 4.79 Å². The molecule has 1 aromatic heterocycles. The highest BCUT2D eigenvalue weighted by Crippen LogP contribution is 2.39. The number of aromatic nitrogens is 1. The molecule has 2 fully saturated rings. The zero-order valence-corrected chi connectivity index (χ0v) is 26.8. The van der Waals surface area contributed by atoms with Gasteiger partial charge in [-0.2, -0.15) is 0 Å². The van der Waals surface area contributed by atoms with Crippen molar-refractivity contribution >= 4 is 33.6 Å². The Morgan fingerprint density at radius 2 is 1.82 bits per heavy atom. The Bertz CT molecular complexity index is 1140. The zero-order valence-electron chi connectivity index (χ0n) is 24.5. The molecule has 1 aliphatic carbocycles. The molecule has 3 heterocycles. The molecular weight excluding hydrogens is 588 g/mol. The molecular formula is C32H44BrClN4O2. The molecule has 40 heavy (non-hydrogen) atoms. The van der Waals surface area contributed by atoms with E-state index in [1.165, 1.54) is 22.4 Å². The highest BCUT2D eigenvalue weighted by molar-refractivity contribution is 9.10. The van der Waals surface area contributed by atoms with Crippen molar-refractivity contribution in [2.24, 2.45) is 0 Å². The summed E-state index contributed by atoms with van der Waals surface area (Å²) in [5.41, 5.74) is 4.73. The van der Waals surface area contributed by atoms with Crippen molar-refractivity contribution in [3.63, 3.8) is 0 Å². The fraction of sp³-hybridized carbons (Fsp3) is 0.625. The Labute approximate surface area is 253 Å². The third-order valence-corrected chi connectivity index (χ3v) is 9.37. The van der Waals surface area contributed by atoms with Gasteiger partial charge in [0.2, 0.25) is 0 Å². The van der Waals surface area contributed by atoms with Crippen LogP contribution in [0.3, 0.4) is 0 Å². The average Bonchev–Trinajstić information content (AvgIpc) is 3.07. The summed E-state index contributed by atoms with van der Waals surface area (Å²) in [6, 6.07) is 9.56. The van der Waals surface area contributed by atoms with Gasteiger partial charge in [0.25, 0.3) is 0 Å². The van der Waals surface area contributed by atoms with Crippen molar-refractivity contribution in [3.05, 3.63) is 62.3 Å². The second-order valence-electron chi connectivity index (χ2n) is 12.7. The summed E-state index contributed by atoms with van der Waals surface area (Å²) in [6.07, 6.45) is 9.29. The van der Waals surface area contributed by atoms with Crippen LogP contribution >= 0.6 is 27.5 Å². The predicted octanol–water partition coefficient (Wildman–Crippen LogP) is 7.26. The first kappa shape index (κ1) is 29.8. The number of hydrogen-bond donors (Lipinski definition) is 0. The van der Waals surface area contributed by atoms with Gasteiger partial charge >= 0.3 is 6.09 Å². The van der Waals surface area contributed by atoms with Gasteiger partial charge in [0.05, 0.1) is 11.7 Å². The molecule has 3 aliphatic rings. The fourth-order valence-electron chi connectivity index (χ4n) is 6.75. The van der Waals surface area contributed by atoms with E-state index in [0.717, 1.165) is 87.2 Å². The second-order valence-corrected chi connectivity index (χ2v) is 14.0. The fourth-order valence-corrected chi connectivity index (χ4v) is 7.32. The number of pyridine rings is 1. The summed E-state index contributed by atoms with van der Waals surface area (Å²) in [4.78, 5) is 25.3. The van der Waals surface area contributed by atoms with Crippen molar-refractivity contribution in [2.45, 2.75) is 96.4 Å². The van der Waals surface area contributed by atoms with Gasteiger partial charge in [-0.05, 0) is 104 Å². The molecule has 5 rings (SSSR count). The van der Waals surface area contributed by atoms with E-state index in [1.807, 2.05) is 37.9 Å². The van der Waals surface area contributed by atoms with Crippen molar-refractivity contribution in [1.82, 2.24) is 19.7 Å². The molecule has 6 nitrogen and oxygen atoms in total. The second kappa shape index (κ2) is 12.7. The number of hydrogen-bond acceptors (Lipinski definition) is 5. The Morgan fingerprint density at radius 1 is 1.07 bits per heavy atom. The van der Waals surface area contributed by atoms with Crippen molar-refractivity contribution < 1.29 is 9.53 Å². The van der Waals surface area contributed by atoms with Gasteiger partial charge in [-0.15, -0.1) is 0 Å². The van der Waals surface area contributed by atoms with Gasteiger partial charge in [0, 0.05) is 60.5 Å². The molecule has 0 bridgehead atoms. The number of fused-ring (bicyclic) bond motifs is 2. The lowest BCUT2D eigenvalue weighted by molar-refractivity contribution is -0.0160. The number of piperazine rings is 1. The first-order chi connectivity index (χ1) is 19.1. The summed E-state index contributed by atoms with van der Waals surface area (Å²) in [5, 5.41) is 0.805. The molecule has 2 aromatic rings. The largest absolute Gasteiger partial charge is 0.444 e. The minimum Gasteiger partial charge on any atom is -0.444 e. The van der Waals surface area contributed by atoms with E-state index < -0.39 is 5.60 Å². The van der Waals surface area contributed by atoms with E-state index in [-0.39, 0.29) is 18.2 Å². The zero-order chi connectivity index (χ0) is 28.4. The normalized spacial score (nSPS) is 22.9. The number of aryl methyl sites for hydroxylation is 2. The van der Waals surface area contributed by atoms with E-state index in [1.54, 1.807) is 0 Å². The monoisotopic (exact) mass is 630 g/mol. The SMILES string of the molecule is CCCC[C@H]1CN(C2CCN(C3c4ccc(Cl)cc4CCc4cc(Br)cnc43)CC2)CCN1C(=O)OC(C)(C)C. The van der Waals surface area contributed by atoms with Crippen LogP contribution in [0.5, 0.6) is 0 Å². The van der Waals surface area contributed by atoms with Crippen LogP contribution in [0.4, 0.5) is 4.79 Å². The van der Waals surface area contributed by atoms with E-state index in [2.05, 4.69) is 50.9 Å². The minimum absolute atomic E-state index is 0.153. The lowest BCUT2D eigenvalue weighted by atomic mass is 9.93. The molecule has 0 radical (unpaired) electrons. The van der Waals surface area contributed by atoms with Crippen molar-refractivity contribution in [1.29, 1.82) is 0 Å². The van der Waals surface area contributed by atoms with Gasteiger partial charge in [-0.25, -0.2) is 4.79 Å². The molecule has 1 unspecified atom stereocenters. The number of ether oxygens (including phenoxy) is 1. The molecule has 0 spiro atoms. The molecule has 0 N–H and O–H groups in total. The lowest BCUT2D eigenvalue weighted by Crippen LogP contribution is -2.59. The maximum Gasteiger partial charge on any atom is 0.410 e. The molecule has 2 aliphatic heterocycles. The summed E-state index contributed by atoms with van der Waals surface area (Å²) in [6.45, 7) is 12.7. The molecule has 1 amide bonds. The third-order valence-electron chi connectivity index (χ3n) is 8.70. The number of benzene rings is 1. The van der Waals surface area contributed by atoms with Crippen LogP contribution in [0.25, 0.3) is 0 Å². The van der Waals surface area contributed by atoms with Crippen LogP contribution in [0.2, 0.25) is 5.02 Å². The van der Waals surface area contributed by atoms with Crippen LogP contribution in [0.1, 0.15) is 88.2 Å². The van der Waals surface area contributed by atoms with Crippen LogP contribution in [0.15, 0.2) is 34.9 Å². The minimum atomic E-state index is -0.470. The summed E-state index contributed by atoms with van der Waals surface area (Å²) >= 11 is 10.1. The van der Waals surface area contributed by atoms with Gasteiger partial charge in [-0.3, -0.25) is 14.8 Å². The summed E-state index contributed by atoms with van der Waals surface area (Å²) in [5.74, 6) is 0. The summed E-state index contributed by atoms with van der Waals surface area (Å²) in [7, 11) is 0. The molecule has 0 saturated carbocycles. The first-order valence-electron chi connectivity index (χ1n) is 15.0. The number of carbonyl (C=O) groups is 1. The molecule has 1 aromatic carbocycles. The number of unbranched alkanes of at least 4 members (excludes halogenated alkanes) is 1. The van der Waals surface area contributed by atoms with Gasteiger partial charge < -0.3 is 9.64 Å². The van der Waals surface area contributed by atoms with E-state index in [0.29, 0.717) is 6.04 Å². The predicted molar refractivity (Wildman–Crippen MR) is 165 cm³/mol. The number of rotatable bonds is 5. The summed E-state index contributed by atoms with van der Waals surface area (Å²) < 4.78 is 6.81. The average molecular weight is 632 g/mol. The van der Waals surface area contributed by atoms with Crippen LogP contribution in [-0.2, 0) is 17.6 Å². The maximum absolute atomic E-state index is 13.0. The Morgan fingerprint density at radius 3 is 2.55 bits per heavy atom. The van der Waals surface area contributed by atoms with Gasteiger partial charge in [-0.1, -0.05) is 37.4 Å². The van der Waals surface area contributed by atoms with Gasteiger partial charge in [0.15, 0.2) is 0 Å². The standard InChI is InChI=1S/C32H44BrClN4O2/c1-5-6-7-27-21-37(16-17-38(27)31(39)40-32(2,3)4)26-12-14-36(15-13-26)30-28-11-10-25(34)19-22(28)8-9-23-18-24(33)20-35-29(23)30/h10-11,18-20,26-27,30H,5-9,12-17,21H2,1-4H3/t27-,30?/m0/s1. The third kappa shape index (κ3) is 6.86. The number of carbonyl (C=O) groups excluding carboxylic acids is 1. The topological polar surface area (TPSA) is 48.9 Å². The lowest BCUT2D eigenvalue weighted by Gasteiger charge is -2.47. The molecule has 2 saturated heterocycles. The first-order valence-corrected chi connectivity index (χ1v) is 16.2. The molecule has 8 heteroatoms.